The van der Waals surface area contributed by atoms with Gasteiger partial charge in [-0.1, -0.05) is 6.07 Å². The molecule has 1 aliphatic heterocycles. The van der Waals surface area contributed by atoms with Crippen LogP contribution >= 0.6 is 22.7 Å². The van der Waals surface area contributed by atoms with Crippen LogP contribution in [0.3, 0.4) is 0 Å². The highest BCUT2D eigenvalue weighted by Gasteiger charge is 2.33. The van der Waals surface area contributed by atoms with E-state index in [4.69, 9.17) is 5.73 Å². The quantitative estimate of drug-likeness (QED) is 0.925. The van der Waals surface area contributed by atoms with Gasteiger partial charge < -0.3 is 10.6 Å². The Morgan fingerprint density at radius 1 is 1.39 bits per heavy atom. The lowest BCUT2D eigenvalue weighted by molar-refractivity contribution is -0.123. The van der Waals surface area contributed by atoms with Gasteiger partial charge in [-0.3, -0.25) is 9.59 Å². The van der Waals surface area contributed by atoms with Crippen molar-refractivity contribution >= 4 is 34.5 Å². The van der Waals surface area contributed by atoms with Gasteiger partial charge >= 0.3 is 0 Å². The summed E-state index contributed by atoms with van der Waals surface area (Å²) in [5.74, 6) is -0.614. The maximum atomic E-state index is 12.9. The number of amides is 2. The molecule has 1 fully saturated rings. The number of thiophene rings is 1. The van der Waals surface area contributed by atoms with Crippen molar-refractivity contribution in [3.05, 3.63) is 28.1 Å². The lowest BCUT2D eigenvalue weighted by Gasteiger charge is -2.36. The third-order valence-corrected chi connectivity index (χ3v) is 6.45. The number of aryl methyl sites for hydroxylation is 1. The maximum absolute atomic E-state index is 12.9. The van der Waals surface area contributed by atoms with Crippen LogP contribution in [0, 0.1) is 12.8 Å². The van der Waals surface area contributed by atoms with E-state index in [2.05, 4.69) is 4.98 Å². The first-order chi connectivity index (χ1) is 11.0. The second-order valence-electron chi connectivity index (χ2n) is 5.89. The normalized spacial score (nSPS) is 21.4. The molecule has 0 spiro atoms. The van der Waals surface area contributed by atoms with Crippen LogP contribution in [0.4, 0.5) is 0 Å². The van der Waals surface area contributed by atoms with Gasteiger partial charge in [-0.15, -0.1) is 22.7 Å². The van der Waals surface area contributed by atoms with Gasteiger partial charge in [0.2, 0.25) is 5.91 Å². The molecule has 2 amide bonds. The van der Waals surface area contributed by atoms with Gasteiger partial charge in [-0.25, -0.2) is 4.98 Å². The van der Waals surface area contributed by atoms with E-state index in [-0.39, 0.29) is 23.8 Å². The van der Waals surface area contributed by atoms with Crippen molar-refractivity contribution in [2.24, 2.45) is 11.7 Å². The van der Waals surface area contributed by atoms with E-state index in [1.165, 1.54) is 11.3 Å². The predicted octanol–water partition coefficient (Wildman–Crippen LogP) is 2.91. The molecule has 0 saturated carbocycles. The number of likely N-dealkylation sites (tertiary alicyclic amines) is 1. The molecule has 2 atom stereocenters. The van der Waals surface area contributed by atoms with Gasteiger partial charge in [0.05, 0.1) is 16.5 Å². The van der Waals surface area contributed by atoms with Crippen LogP contribution in [-0.2, 0) is 4.79 Å². The Kier molecular flexibility index (Phi) is 4.50. The molecular weight excluding hydrogens is 330 g/mol. The molecule has 7 heteroatoms. The molecule has 2 aromatic rings. The van der Waals surface area contributed by atoms with E-state index in [1.54, 1.807) is 16.2 Å². The number of primary amides is 1. The third kappa shape index (κ3) is 3.16. The highest BCUT2D eigenvalue weighted by atomic mass is 32.1. The van der Waals surface area contributed by atoms with E-state index in [0.717, 1.165) is 28.4 Å². The summed E-state index contributed by atoms with van der Waals surface area (Å²) in [5.41, 5.74) is 6.17. The van der Waals surface area contributed by atoms with E-state index in [9.17, 15) is 9.59 Å². The smallest absolute Gasteiger partial charge is 0.266 e. The highest BCUT2D eigenvalue weighted by Crippen LogP contribution is 2.33. The second-order valence-corrected chi connectivity index (χ2v) is 7.84. The molecule has 3 rings (SSSR count). The Bertz CT molecular complexity index is 724. The molecule has 122 valence electrons. The number of carbonyl (C=O) groups is 2. The summed E-state index contributed by atoms with van der Waals surface area (Å²) in [6.45, 7) is 4.29. The number of hydrogen-bond donors (Lipinski definition) is 1. The minimum atomic E-state index is -0.324. The monoisotopic (exact) mass is 349 g/mol. The summed E-state index contributed by atoms with van der Waals surface area (Å²) < 4.78 is 0. The topological polar surface area (TPSA) is 76.3 Å². The van der Waals surface area contributed by atoms with Gasteiger partial charge in [0.1, 0.15) is 9.88 Å². The zero-order valence-corrected chi connectivity index (χ0v) is 14.7. The van der Waals surface area contributed by atoms with Crippen molar-refractivity contribution in [1.82, 2.24) is 9.88 Å². The molecule has 0 aromatic carbocycles. The van der Waals surface area contributed by atoms with Crippen LogP contribution in [0.15, 0.2) is 17.5 Å². The highest BCUT2D eigenvalue weighted by molar-refractivity contribution is 7.22. The van der Waals surface area contributed by atoms with Gasteiger partial charge in [0.25, 0.3) is 5.91 Å². The Morgan fingerprint density at radius 2 is 2.17 bits per heavy atom. The van der Waals surface area contributed by atoms with E-state index in [1.807, 2.05) is 31.4 Å². The number of piperidine rings is 1. The Morgan fingerprint density at radius 3 is 2.83 bits per heavy atom. The predicted molar refractivity (Wildman–Crippen MR) is 92.6 cm³/mol. The van der Waals surface area contributed by atoms with Crippen molar-refractivity contribution in [2.75, 3.05) is 6.54 Å². The lowest BCUT2D eigenvalue weighted by Crippen LogP contribution is -2.48. The Labute approximate surface area is 143 Å². The maximum Gasteiger partial charge on any atom is 0.266 e. The number of nitrogens with zero attached hydrogens (tertiary/aromatic N) is 2. The molecule has 0 radical (unpaired) electrons. The van der Waals surface area contributed by atoms with Gasteiger partial charge in [0, 0.05) is 12.6 Å². The molecule has 2 N–H and O–H groups in total. The fraction of sp³-hybridized carbons (Fsp3) is 0.438. The SMILES string of the molecule is Cc1nc(-c2cccs2)sc1C(=O)N1CC(C(N)=O)CCC1C. The lowest BCUT2D eigenvalue weighted by atomic mass is 9.93. The first kappa shape index (κ1) is 16.1. The molecule has 2 unspecified atom stereocenters. The minimum Gasteiger partial charge on any atom is -0.369 e. The Hall–Kier alpha value is -1.73. The second kappa shape index (κ2) is 6.41. The van der Waals surface area contributed by atoms with Crippen molar-refractivity contribution in [1.29, 1.82) is 0 Å². The van der Waals surface area contributed by atoms with Gasteiger partial charge in [-0.05, 0) is 38.1 Å². The first-order valence-electron chi connectivity index (χ1n) is 7.59. The number of rotatable bonds is 3. The minimum absolute atomic E-state index is 0.0405. The molecule has 1 aliphatic rings. The first-order valence-corrected chi connectivity index (χ1v) is 9.28. The summed E-state index contributed by atoms with van der Waals surface area (Å²) in [7, 11) is 0. The fourth-order valence-corrected chi connectivity index (χ4v) is 4.67. The van der Waals surface area contributed by atoms with Crippen molar-refractivity contribution in [3.8, 4) is 9.88 Å². The van der Waals surface area contributed by atoms with Crippen LogP contribution in [0.5, 0.6) is 0 Å². The molecule has 2 aromatic heterocycles. The average molecular weight is 349 g/mol. The molecular formula is C16H19N3O2S2. The van der Waals surface area contributed by atoms with Crippen molar-refractivity contribution < 1.29 is 9.59 Å². The molecule has 3 heterocycles. The third-order valence-electron chi connectivity index (χ3n) is 4.27. The van der Waals surface area contributed by atoms with Crippen LogP contribution in [0.2, 0.25) is 0 Å². The fourth-order valence-electron chi connectivity index (χ4n) is 2.85. The summed E-state index contributed by atoms with van der Waals surface area (Å²) in [4.78, 5) is 32.4. The standard InChI is InChI=1S/C16H19N3O2S2/c1-9-5-6-11(14(17)20)8-19(9)16(21)13-10(2)18-15(23-13)12-4-3-7-22-12/h3-4,7,9,11H,5-6,8H2,1-2H3,(H2,17,20). The van der Waals surface area contributed by atoms with E-state index in [0.29, 0.717) is 11.4 Å². The number of nitrogens with two attached hydrogens (primary N) is 1. The summed E-state index contributed by atoms with van der Waals surface area (Å²) >= 11 is 3.03. The van der Waals surface area contributed by atoms with Crippen LogP contribution in [0.25, 0.3) is 9.88 Å². The number of aromatic nitrogens is 1. The summed E-state index contributed by atoms with van der Waals surface area (Å²) in [6, 6.07) is 4.09. The number of carbonyl (C=O) groups excluding carboxylic acids is 2. The molecule has 0 bridgehead atoms. The number of hydrogen-bond acceptors (Lipinski definition) is 5. The van der Waals surface area contributed by atoms with E-state index < -0.39 is 0 Å². The van der Waals surface area contributed by atoms with Crippen molar-refractivity contribution in [2.45, 2.75) is 32.7 Å². The zero-order valence-electron chi connectivity index (χ0n) is 13.1. The van der Waals surface area contributed by atoms with Crippen LogP contribution in [-0.4, -0.2) is 34.3 Å². The van der Waals surface area contributed by atoms with E-state index >= 15 is 0 Å². The van der Waals surface area contributed by atoms with Gasteiger partial charge in [0.15, 0.2) is 0 Å². The average Bonchev–Trinajstić information content (AvgIpc) is 3.16. The Balaban J connectivity index is 1.86. The number of thiazole rings is 1. The van der Waals surface area contributed by atoms with Crippen LogP contribution in [0.1, 0.15) is 35.1 Å². The molecule has 5 nitrogen and oxygen atoms in total. The summed E-state index contributed by atoms with van der Waals surface area (Å²) in [5, 5.41) is 2.87. The zero-order chi connectivity index (χ0) is 16.6. The van der Waals surface area contributed by atoms with Crippen LogP contribution < -0.4 is 5.73 Å². The molecule has 23 heavy (non-hydrogen) atoms. The molecule has 1 saturated heterocycles. The molecule has 0 aliphatic carbocycles. The largest absolute Gasteiger partial charge is 0.369 e. The van der Waals surface area contributed by atoms with Gasteiger partial charge in [-0.2, -0.15) is 0 Å². The van der Waals surface area contributed by atoms with Crippen molar-refractivity contribution in [3.63, 3.8) is 0 Å². The summed E-state index contributed by atoms with van der Waals surface area (Å²) in [6.07, 6.45) is 1.55.